The Labute approximate surface area is 158 Å². The fraction of sp³-hybridized carbons (Fsp3) is 0.474. The van der Waals surface area contributed by atoms with E-state index in [0.29, 0.717) is 38.4 Å². The van der Waals surface area contributed by atoms with Gasteiger partial charge in [0, 0.05) is 32.2 Å². The van der Waals surface area contributed by atoms with E-state index >= 15 is 0 Å². The van der Waals surface area contributed by atoms with Gasteiger partial charge in [0.05, 0.1) is 19.3 Å². The van der Waals surface area contributed by atoms with Crippen LogP contribution in [-0.2, 0) is 11.3 Å². The van der Waals surface area contributed by atoms with Gasteiger partial charge >= 0.3 is 0 Å². The Morgan fingerprint density at radius 2 is 2.07 bits per heavy atom. The number of amides is 2. The van der Waals surface area contributed by atoms with Gasteiger partial charge in [-0.3, -0.25) is 9.59 Å². The van der Waals surface area contributed by atoms with Crippen molar-refractivity contribution in [2.24, 2.45) is 0 Å². The third-order valence-corrected chi connectivity index (χ3v) is 5.20. The van der Waals surface area contributed by atoms with Gasteiger partial charge in [-0.1, -0.05) is 35.5 Å². The predicted octanol–water partition coefficient (Wildman–Crippen LogP) is 0.363. The molecule has 1 aromatic carbocycles. The number of piperazine rings is 1. The monoisotopic (exact) mass is 368 g/mol. The van der Waals surface area contributed by atoms with Crippen molar-refractivity contribution in [3.8, 4) is 0 Å². The van der Waals surface area contributed by atoms with Crippen LogP contribution in [0.15, 0.2) is 36.5 Å². The molecule has 142 valence electrons. The highest BCUT2D eigenvalue weighted by Crippen LogP contribution is 2.18. The number of carbonyl (C=O) groups excluding carboxylic acids is 2. The molecule has 1 unspecified atom stereocenters. The summed E-state index contributed by atoms with van der Waals surface area (Å²) < 4.78 is 1.68. The van der Waals surface area contributed by atoms with Gasteiger partial charge in [0.1, 0.15) is 0 Å². The van der Waals surface area contributed by atoms with Crippen LogP contribution in [0.3, 0.4) is 0 Å². The van der Waals surface area contributed by atoms with Crippen molar-refractivity contribution in [3.63, 3.8) is 0 Å². The third kappa shape index (κ3) is 4.00. The summed E-state index contributed by atoms with van der Waals surface area (Å²) in [5.41, 5.74) is 1.47. The standard InChI is InChI=1S/C19H24N6O2/c26-18-11-20-8-10-25(18)16-7-4-9-23(13-16)19(27)17-14-24(22-21-17)12-15-5-2-1-3-6-15/h1-3,5-6,14,16,20H,4,7-13H2. The van der Waals surface area contributed by atoms with Gasteiger partial charge in [0.2, 0.25) is 5.91 Å². The number of rotatable bonds is 4. The van der Waals surface area contributed by atoms with Gasteiger partial charge in [0.15, 0.2) is 5.69 Å². The highest BCUT2D eigenvalue weighted by molar-refractivity contribution is 5.92. The van der Waals surface area contributed by atoms with Crippen LogP contribution in [-0.4, -0.2) is 75.4 Å². The van der Waals surface area contributed by atoms with E-state index < -0.39 is 0 Å². The Morgan fingerprint density at radius 3 is 2.89 bits per heavy atom. The minimum absolute atomic E-state index is 0.0941. The highest BCUT2D eigenvalue weighted by atomic mass is 16.2. The first-order chi connectivity index (χ1) is 13.2. The molecule has 4 rings (SSSR count). The lowest BCUT2D eigenvalue weighted by Gasteiger charge is -2.40. The quantitative estimate of drug-likeness (QED) is 0.843. The SMILES string of the molecule is O=C(c1cn(Cc2ccccc2)nn1)N1CCCC(N2CCNCC2=O)C1. The van der Waals surface area contributed by atoms with Gasteiger partial charge in [-0.05, 0) is 18.4 Å². The molecule has 27 heavy (non-hydrogen) atoms. The van der Waals surface area contributed by atoms with Gasteiger partial charge < -0.3 is 15.1 Å². The molecule has 1 aromatic heterocycles. The van der Waals surface area contributed by atoms with E-state index in [-0.39, 0.29) is 17.9 Å². The van der Waals surface area contributed by atoms with Crippen LogP contribution >= 0.6 is 0 Å². The van der Waals surface area contributed by atoms with Crippen LogP contribution in [0.1, 0.15) is 28.9 Å². The van der Waals surface area contributed by atoms with Crippen molar-refractivity contribution in [3.05, 3.63) is 47.8 Å². The molecule has 8 heteroatoms. The Kier molecular flexibility index (Phi) is 5.15. The minimum Gasteiger partial charge on any atom is -0.336 e. The van der Waals surface area contributed by atoms with E-state index in [0.717, 1.165) is 24.9 Å². The van der Waals surface area contributed by atoms with E-state index in [1.165, 1.54) is 0 Å². The Hall–Kier alpha value is -2.74. The maximum atomic E-state index is 12.9. The molecular weight excluding hydrogens is 344 g/mol. The van der Waals surface area contributed by atoms with Crippen molar-refractivity contribution in [1.82, 2.24) is 30.1 Å². The second-order valence-electron chi connectivity index (χ2n) is 7.10. The lowest BCUT2D eigenvalue weighted by Crippen LogP contribution is -2.57. The van der Waals surface area contributed by atoms with Gasteiger partial charge in [-0.15, -0.1) is 5.10 Å². The van der Waals surface area contributed by atoms with E-state index in [1.54, 1.807) is 15.8 Å². The predicted molar refractivity (Wildman–Crippen MR) is 99.1 cm³/mol. The normalized spacial score (nSPS) is 20.7. The van der Waals surface area contributed by atoms with Gasteiger partial charge in [0.25, 0.3) is 5.91 Å². The van der Waals surface area contributed by atoms with E-state index in [2.05, 4.69) is 15.6 Å². The summed E-state index contributed by atoms with van der Waals surface area (Å²) in [5, 5.41) is 11.3. The summed E-state index contributed by atoms with van der Waals surface area (Å²) in [5.74, 6) is 0.0101. The summed E-state index contributed by atoms with van der Waals surface area (Å²) in [7, 11) is 0. The zero-order chi connectivity index (χ0) is 18.6. The second-order valence-corrected chi connectivity index (χ2v) is 7.10. The number of nitrogens with zero attached hydrogens (tertiary/aromatic N) is 5. The molecule has 0 radical (unpaired) electrons. The molecule has 0 bridgehead atoms. The molecule has 2 amide bonds. The number of likely N-dealkylation sites (tertiary alicyclic amines) is 1. The minimum atomic E-state index is -0.110. The smallest absolute Gasteiger partial charge is 0.276 e. The number of nitrogens with one attached hydrogen (secondary N) is 1. The maximum Gasteiger partial charge on any atom is 0.276 e. The fourth-order valence-corrected chi connectivity index (χ4v) is 3.81. The topological polar surface area (TPSA) is 83.4 Å². The van der Waals surface area contributed by atoms with Gasteiger partial charge in [-0.25, -0.2) is 4.68 Å². The zero-order valence-corrected chi connectivity index (χ0v) is 15.3. The third-order valence-electron chi connectivity index (χ3n) is 5.20. The second kappa shape index (κ2) is 7.87. The lowest BCUT2D eigenvalue weighted by atomic mass is 10.0. The summed E-state index contributed by atoms with van der Waals surface area (Å²) in [6.45, 7) is 3.75. The van der Waals surface area contributed by atoms with Crippen molar-refractivity contribution >= 4 is 11.8 Å². The molecule has 2 aliphatic heterocycles. The average Bonchev–Trinajstić information content (AvgIpc) is 3.17. The van der Waals surface area contributed by atoms with E-state index in [9.17, 15) is 9.59 Å². The Balaban J connectivity index is 1.41. The molecule has 3 heterocycles. The van der Waals surface area contributed by atoms with Crippen LogP contribution in [0.5, 0.6) is 0 Å². The molecule has 0 aliphatic carbocycles. The summed E-state index contributed by atoms with van der Waals surface area (Å²) >= 11 is 0. The van der Waals surface area contributed by atoms with E-state index in [4.69, 9.17) is 0 Å². The molecule has 1 atom stereocenters. The van der Waals surface area contributed by atoms with Crippen molar-refractivity contribution in [2.75, 3.05) is 32.7 Å². The molecule has 2 fully saturated rings. The number of carbonyl (C=O) groups is 2. The van der Waals surface area contributed by atoms with Crippen LogP contribution in [0.4, 0.5) is 0 Å². The summed E-state index contributed by atoms with van der Waals surface area (Å²) in [4.78, 5) is 28.7. The first-order valence-electron chi connectivity index (χ1n) is 9.44. The Morgan fingerprint density at radius 1 is 1.22 bits per heavy atom. The number of hydrogen-bond acceptors (Lipinski definition) is 5. The molecule has 2 aromatic rings. The van der Waals surface area contributed by atoms with Crippen LogP contribution in [0.2, 0.25) is 0 Å². The fourth-order valence-electron chi connectivity index (χ4n) is 3.81. The van der Waals surface area contributed by atoms with Crippen LogP contribution in [0.25, 0.3) is 0 Å². The summed E-state index contributed by atoms with van der Waals surface area (Å²) in [6.07, 6.45) is 3.54. The number of aromatic nitrogens is 3. The zero-order valence-electron chi connectivity index (χ0n) is 15.3. The molecule has 0 saturated carbocycles. The molecule has 0 spiro atoms. The number of benzene rings is 1. The van der Waals surface area contributed by atoms with Crippen molar-refractivity contribution in [2.45, 2.75) is 25.4 Å². The summed E-state index contributed by atoms with van der Waals surface area (Å²) in [6, 6.07) is 10.0. The number of piperidine rings is 1. The van der Waals surface area contributed by atoms with Crippen LogP contribution in [0, 0.1) is 0 Å². The highest BCUT2D eigenvalue weighted by Gasteiger charge is 2.32. The maximum absolute atomic E-state index is 12.9. The molecule has 2 aliphatic rings. The molecule has 2 saturated heterocycles. The van der Waals surface area contributed by atoms with Crippen molar-refractivity contribution < 1.29 is 9.59 Å². The molecule has 8 nitrogen and oxygen atoms in total. The average molecular weight is 368 g/mol. The van der Waals surface area contributed by atoms with Gasteiger partial charge in [-0.2, -0.15) is 0 Å². The van der Waals surface area contributed by atoms with Crippen LogP contribution < -0.4 is 5.32 Å². The first-order valence-corrected chi connectivity index (χ1v) is 9.44. The Bertz CT molecular complexity index is 806. The largest absolute Gasteiger partial charge is 0.336 e. The first kappa shape index (κ1) is 17.7. The number of hydrogen-bond donors (Lipinski definition) is 1. The van der Waals surface area contributed by atoms with E-state index in [1.807, 2.05) is 35.2 Å². The molecule has 1 N–H and O–H groups in total. The van der Waals surface area contributed by atoms with Crippen molar-refractivity contribution in [1.29, 1.82) is 0 Å². The molecular formula is C19H24N6O2. The lowest BCUT2D eigenvalue weighted by molar-refractivity contribution is -0.135.